The van der Waals surface area contributed by atoms with Gasteiger partial charge in [-0.3, -0.25) is 4.99 Å². The molecule has 1 fully saturated rings. The maximum absolute atomic E-state index is 6.08. The van der Waals surface area contributed by atoms with Gasteiger partial charge >= 0.3 is 0 Å². The zero-order chi connectivity index (χ0) is 14.4. The number of piperidine rings is 1. The van der Waals surface area contributed by atoms with Crippen molar-refractivity contribution >= 4 is 29.9 Å². The minimum absolute atomic E-state index is 0. The van der Waals surface area contributed by atoms with E-state index in [0.717, 1.165) is 44.4 Å². The van der Waals surface area contributed by atoms with Gasteiger partial charge in [-0.1, -0.05) is 38.1 Å². The lowest BCUT2D eigenvalue weighted by molar-refractivity contribution is 0.277. The van der Waals surface area contributed by atoms with E-state index in [0.29, 0.717) is 0 Å². The molecule has 0 saturated carbocycles. The van der Waals surface area contributed by atoms with Gasteiger partial charge in [0, 0.05) is 19.6 Å². The van der Waals surface area contributed by atoms with Gasteiger partial charge in [0.25, 0.3) is 0 Å². The van der Waals surface area contributed by atoms with Gasteiger partial charge in [-0.25, -0.2) is 0 Å². The molecule has 118 valence electrons. The van der Waals surface area contributed by atoms with Crippen LogP contribution in [0.15, 0.2) is 29.3 Å². The molecule has 0 aliphatic carbocycles. The molecule has 1 aliphatic rings. The number of nitrogens with two attached hydrogens (primary N) is 1. The summed E-state index contributed by atoms with van der Waals surface area (Å²) in [6.07, 6.45) is 4.52. The van der Waals surface area contributed by atoms with Crippen LogP contribution in [0.4, 0.5) is 0 Å². The smallest absolute Gasteiger partial charge is 0.191 e. The van der Waals surface area contributed by atoms with Crippen LogP contribution in [-0.4, -0.2) is 30.5 Å². The molecule has 4 heteroatoms. The zero-order valence-corrected chi connectivity index (χ0v) is 15.5. The van der Waals surface area contributed by atoms with Crippen molar-refractivity contribution in [1.29, 1.82) is 0 Å². The first-order valence-corrected chi connectivity index (χ1v) is 7.81. The summed E-state index contributed by atoms with van der Waals surface area (Å²) in [5.41, 5.74) is 8.81. The highest BCUT2D eigenvalue weighted by Crippen LogP contribution is 2.15. The van der Waals surface area contributed by atoms with E-state index in [-0.39, 0.29) is 24.0 Å². The number of benzene rings is 1. The van der Waals surface area contributed by atoms with Gasteiger partial charge in [0.15, 0.2) is 5.96 Å². The number of nitrogens with zero attached hydrogens (tertiary/aromatic N) is 2. The molecule has 0 aromatic heterocycles. The number of aliphatic imine (C=N–C) groups is 1. The summed E-state index contributed by atoms with van der Waals surface area (Å²) in [5, 5.41) is 0. The Morgan fingerprint density at radius 2 is 1.76 bits per heavy atom. The normalized spacial score (nSPS) is 16.7. The Balaban J connectivity index is 0.00000220. The SMILES string of the molecule is CCc1ccc(CCN=C(N)N2CCC(C)CC2)cc1.I. The van der Waals surface area contributed by atoms with Gasteiger partial charge in [0.05, 0.1) is 0 Å². The largest absolute Gasteiger partial charge is 0.370 e. The molecule has 2 N–H and O–H groups in total. The fourth-order valence-electron chi connectivity index (χ4n) is 2.58. The fraction of sp³-hybridized carbons (Fsp3) is 0.588. The average Bonchev–Trinajstić information content (AvgIpc) is 2.48. The monoisotopic (exact) mass is 401 g/mol. The van der Waals surface area contributed by atoms with Crippen molar-refractivity contribution in [3.05, 3.63) is 35.4 Å². The molecule has 1 saturated heterocycles. The van der Waals surface area contributed by atoms with Crippen molar-refractivity contribution in [3.63, 3.8) is 0 Å². The summed E-state index contributed by atoms with van der Waals surface area (Å²) < 4.78 is 0. The predicted molar refractivity (Wildman–Crippen MR) is 101 cm³/mol. The van der Waals surface area contributed by atoms with E-state index < -0.39 is 0 Å². The van der Waals surface area contributed by atoms with Crippen LogP contribution >= 0.6 is 24.0 Å². The van der Waals surface area contributed by atoms with E-state index in [1.807, 2.05) is 0 Å². The minimum Gasteiger partial charge on any atom is -0.370 e. The van der Waals surface area contributed by atoms with Crippen LogP contribution in [0.3, 0.4) is 0 Å². The second kappa shape index (κ2) is 9.28. The summed E-state index contributed by atoms with van der Waals surface area (Å²) >= 11 is 0. The van der Waals surface area contributed by atoms with Crippen molar-refractivity contribution in [3.8, 4) is 0 Å². The van der Waals surface area contributed by atoms with Crippen LogP contribution in [-0.2, 0) is 12.8 Å². The van der Waals surface area contributed by atoms with Crippen LogP contribution in [0, 0.1) is 5.92 Å². The molecule has 2 rings (SSSR count). The molecule has 3 nitrogen and oxygen atoms in total. The molecular weight excluding hydrogens is 373 g/mol. The first kappa shape index (κ1) is 18.3. The Morgan fingerprint density at radius 1 is 1.19 bits per heavy atom. The first-order chi connectivity index (χ1) is 9.69. The number of hydrogen-bond donors (Lipinski definition) is 1. The third kappa shape index (κ3) is 5.85. The lowest BCUT2D eigenvalue weighted by Gasteiger charge is -2.31. The molecule has 0 amide bonds. The van der Waals surface area contributed by atoms with E-state index >= 15 is 0 Å². The molecule has 0 spiro atoms. The Morgan fingerprint density at radius 3 is 2.33 bits per heavy atom. The highest BCUT2D eigenvalue weighted by Gasteiger charge is 2.16. The number of rotatable bonds is 4. The topological polar surface area (TPSA) is 41.6 Å². The highest BCUT2D eigenvalue weighted by molar-refractivity contribution is 14.0. The molecule has 0 atom stereocenters. The number of guanidine groups is 1. The van der Waals surface area contributed by atoms with Gasteiger partial charge < -0.3 is 10.6 Å². The predicted octanol–water partition coefficient (Wildman–Crippen LogP) is 3.46. The van der Waals surface area contributed by atoms with E-state index in [9.17, 15) is 0 Å². The lowest BCUT2D eigenvalue weighted by atomic mass is 10.00. The van der Waals surface area contributed by atoms with Gasteiger partial charge in [-0.05, 0) is 42.7 Å². The zero-order valence-electron chi connectivity index (χ0n) is 13.2. The summed E-state index contributed by atoms with van der Waals surface area (Å²) in [7, 11) is 0. The molecule has 0 bridgehead atoms. The van der Waals surface area contributed by atoms with Gasteiger partial charge in [-0.2, -0.15) is 0 Å². The quantitative estimate of drug-likeness (QED) is 0.477. The van der Waals surface area contributed by atoms with Crippen LogP contribution in [0.25, 0.3) is 0 Å². The number of halogens is 1. The first-order valence-electron chi connectivity index (χ1n) is 7.81. The molecule has 1 aromatic rings. The van der Waals surface area contributed by atoms with Crippen LogP contribution in [0.2, 0.25) is 0 Å². The Bertz CT molecular complexity index is 434. The number of hydrogen-bond acceptors (Lipinski definition) is 1. The average molecular weight is 401 g/mol. The van der Waals surface area contributed by atoms with E-state index in [2.05, 4.69) is 48.0 Å². The third-order valence-corrected chi connectivity index (χ3v) is 4.21. The summed E-state index contributed by atoms with van der Waals surface area (Å²) in [4.78, 5) is 6.75. The molecule has 1 aromatic carbocycles. The molecule has 21 heavy (non-hydrogen) atoms. The summed E-state index contributed by atoms with van der Waals surface area (Å²) in [5.74, 6) is 1.55. The second-order valence-electron chi connectivity index (χ2n) is 5.83. The van der Waals surface area contributed by atoms with Gasteiger partial charge in [0.2, 0.25) is 0 Å². The maximum atomic E-state index is 6.08. The van der Waals surface area contributed by atoms with Crippen LogP contribution in [0.5, 0.6) is 0 Å². The Hall–Kier alpha value is -0.780. The van der Waals surface area contributed by atoms with Crippen molar-refractivity contribution < 1.29 is 0 Å². The minimum atomic E-state index is 0. The molecule has 1 heterocycles. The van der Waals surface area contributed by atoms with E-state index in [1.54, 1.807) is 0 Å². The second-order valence-corrected chi connectivity index (χ2v) is 5.83. The van der Waals surface area contributed by atoms with E-state index in [1.165, 1.54) is 24.0 Å². The third-order valence-electron chi connectivity index (χ3n) is 4.21. The summed E-state index contributed by atoms with van der Waals surface area (Å²) in [6.45, 7) is 7.39. The molecular formula is C17H28IN3. The van der Waals surface area contributed by atoms with Crippen molar-refractivity contribution in [1.82, 2.24) is 4.90 Å². The molecule has 0 radical (unpaired) electrons. The summed E-state index contributed by atoms with van der Waals surface area (Å²) in [6, 6.07) is 8.81. The standard InChI is InChI=1S/C17H27N3.HI/c1-3-15-4-6-16(7-5-15)8-11-19-17(18)20-12-9-14(2)10-13-20;/h4-7,14H,3,8-13H2,1-2H3,(H2,18,19);1H. The number of aryl methyl sites for hydroxylation is 1. The van der Waals surface area contributed by atoms with Crippen molar-refractivity contribution in [2.45, 2.75) is 39.5 Å². The highest BCUT2D eigenvalue weighted by atomic mass is 127. The van der Waals surface area contributed by atoms with Gasteiger partial charge in [0.1, 0.15) is 0 Å². The van der Waals surface area contributed by atoms with E-state index in [4.69, 9.17) is 5.73 Å². The van der Waals surface area contributed by atoms with Gasteiger partial charge in [-0.15, -0.1) is 24.0 Å². The Kier molecular flexibility index (Phi) is 8.07. The maximum Gasteiger partial charge on any atom is 0.191 e. The van der Waals surface area contributed by atoms with Crippen LogP contribution in [0.1, 0.15) is 37.8 Å². The molecule has 1 aliphatic heterocycles. The van der Waals surface area contributed by atoms with Crippen molar-refractivity contribution in [2.75, 3.05) is 19.6 Å². The van der Waals surface area contributed by atoms with Crippen LogP contribution < -0.4 is 5.73 Å². The fourth-order valence-corrected chi connectivity index (χ4v) is 2.58. The number of likely N-dealkylation sites (tertiary alicyclic amines) is 1. The lowest BCUT2D eigenvalue weighted by Crippen LogP contribution is -2.42. The molecule has 0 unspecified atom stereocenters. The Labute approximate surface area is 146 Å². The van der Waals surface area contributed by atoms with Crippen molar-refractivity contribution in [2.24, 2.45) is 16.6 Å².